The van der Waals surface area contributed by atoms with E-state index in [0.29, 0.717) is 25.9 Å². The number of aliphatic hydroxyl groups excluding tert-OH is 1. The maximum atomic E-state index is 13.6. The Bertz CT molecular complexity index is 1280. The molecule has 1 saturated heterocycles. The molecule has 32 heavy (non-hydrogen) atoms. The van der Waals surface area contributed by atoms with Crippen molar-refractivity contribution in [3.8, 4) is 0 Å². The summed E-state index contributed by atoms with van der Waals surface area (Å²) in [5.41, 5.74) is 0.432. The number of carbonyl (C=O) groups excluding carboxylic acids is 4. The highest BCUT2D eigenvalue weighted by atomic mass is 35.5. The highest BCUT2D eigenvalue weighted by Gasteiger charge is 2.43. The van der Waals surface area contributed by atoms with Gasteiger partial charge in [0.1, 0.15) is 5.03 Å². The molecule has 160 valence electrons. The third-order valence-corrected chi connectivity index (χ3v) is 6.55. The van der Waals surface area contributed by atoms with Gasteiger partial charge in [0.2, 0.25) is 11.6 Å². The number of nitrogens with zero attached hydrogens (tertiary/aromatic N) is 1. The van der Waals surface area contributed by atoms with E-state index in [9.17, 15) is 24.3 Å². The van der Waals surface area contributed by atoms with Crippen molar-refractivity contribution in [3.63, 3.8) is 0 Å². The first kappa shape index (κ1) is 20.5. The molecule has 0 saturated carbocycles. The number of fused-ring (bicyclic) bond motifs is 2. The molecule has 0 unspecified atom stereocenters. The van der Waals surface area contributed by atoms with Crippen molar-refractivity contribution < 1.29 is 24.3 Å². The second kappa shape index (κ2) is 7.65. The Morgan fingerprint density at radius 3 is 1.66 bits per heavy atom. The normalized spacial score (nSPS) is 19.5. The van der Waals surface area contributed by atoms with Gasteiger partial charge in [-0.1, -0.05) is 60.1 Å². The number of Topliss-reactive ketones (excluding diaryl/α,β-unsaturated/α-hetero) is 4. The van der Waals surface area contributed by atoms with Gasteiger partial charge in [-0.25, -0.2) is 0 Å². The molecule has 7 heteroatoms. The van der Waals surface area contributed by atoms with Crippen molar-refractivity contribution >= 4 is 34.7 Å². The van der Waals surface area contributed by atoms with Gasteiger partial charge < -0.3 is 10.0 Å². The first-order chi connectivity index (χ1) is 15.4. The summed E-state index contributed by atoms with van der Waals surface area (Å²) < 4.78 is 0. The lowest BCUT2D eigenvalue weighted by Crippen LogP contribution is -2.41. The van der Waals surface area contributed by atoms with Gasteiger partial charge in [0, 0.05) is 35.3 Å². The maximum absolute atomic E-state index is 13.6. The molecule has 0 spiro atoms. The van der Waals surface area contributed by atoms with E-state index in [2.05, 4.69) is 0 Å². The lowest BCUT2D eigenvalue weighted by Gasteiger charge is -2.36. The summed E-state index contributed by atoms with van der Waals surface area (Å²) in [5.74, 6) is -2.04. The predicted octanol–water partition coefficient (Wildman–Crippen LogP) is 3.35. The quantitative estimate of drug-likeness (QED) is 0.759. The number of aliphatic hydroxyl groups is 1. The van der Waals surface area contributed by atoms with Crippen LogP contribution >= 0.6 is 11.6 Å². The summed E-state index contributed by atoms with van der Waals surface area (Å²) in [7, 11) is 0. The van der Waals surface area contributed by atoms with Crippen LogP contribution in [0.3, 0.4) is 0 Å². The van der Waals surface area contributed by atoms with Crippen LogP contribution in [0.15, 0.2) is 70.4 Å². The Morgan fingerprint density at radius 1 is 0.688 bits per heavy atom. The first-order valence-electron chi connectivity index (χ1n) is 10.3. The van der Waals surface area contributed by atoms with Crippen molar-refractivity contribution in [2.75, 3.05) is 13.1 Å². The molecule has 0 aromatic heterocycles. The second-order valence-corrected chi connectivity index (χ2v) is 8.42. The van der Waals surface area contributed by atoms with Crippen LogP contribution in [-0.4, -0.2) is 52.3 Å². The van der Waals surface area contributed by atoms with Gasteiger partial charge in [-0.05, 0) is 12.8 Å². The second-order valence-electron chi connectivity index (χ2n) is 8.04. The fourth-order valence-corrected chi connectivity index (χ4v) is 4.84. The highest BCUT2D eigenvalue weighted by molar-refractivity contribution is 6.52. The summed E-state index contributed by atoms with van der Waals surface area (Å²) >= 11 is 6.41. The molecule has 2 aliphatic carbocycles. The molecule has 2 aromatic carbocycles. The Morgan fingerprint density at radius 2 is 1.12 bits per heavy atom. The summed E-state index contributed by atoms with van der Waals surface area (Å²) in [5, 5.41) is 9.56. The van der Waals surface area contributed by atoms with E-state index >= 15 is 0 Å². The SMILES string of the molecule is O=C1C(Cl)=C(C2=C(N3CCC(O)CC3)C(=O)c3ccccc3C2=O)C(=O)c2ccccc21. The summed E-state index contributed by atoms with van der Waals surface area (Å²) in [4.78, 5) is 55.4. The topological polar surface area (TPSA) is 91.8 Å². The van der Waals surface area contributed by atoms with E-state index in [-0.39, 0.29) is 44.1 Å². The number of likely N-dealkylation sites (tertiary alicyclic amines) is 1. The fraction of sp³-hybridized carbons (Fsp3) is 0.200. The smallest absolute Gasteiger partial charge is 0.210 e. The zero-order valence-electron chi connectivity index (χ0n) is 16.9. The van der Waals surface area contributed by atoms with Crippen LogP contribution in [0.1, 0.15) is 54.3 Å². The van der Waals surface area contributed by atoms with Crippen LogP contribution in [0.4, 0.5) is 0 Å². The fourth-order valence-electron chi connectivity index (χ4n) is 4.55. The molecule has 6 nitrogen and oxygen atoms in total. The number of allylic oxidation sites excluding steroid dienone is 4. The Kier molecular flexibility index (Phi) is 4.92. The third kappa shape index (κ3) is 2.98. The van der Waals surface area contributed by atoms with E-state index in [0.717, 1.165) is 0 Å². The van der Waals surface area contributed by atoms with Crippen molar-refractivity contribution in [2.45, 2.75) is 18.9 Å². The van der Waals surface area contributed by atoms with Gasteiger partial charge in [-0.3, -0.25) is 19.2 Å². The standard InChI is InChI=1S/C25H18ClNO5/c26-20-18(22(29)14-5-1-3-7-16(14)24(20)31)19-21(27-11-9-13(28)10-12-27)25(32)17-8-4-2-6-15(17)23(19)30/h1-8,13,28H,9-12H2. The molecule has 0 atom stereocenters. The molecule has 1 heterocycles. The molecule has 0 amide bonds. The van der Waals surface area contributed by atoms with Crippen LogP contribution < -0.4 is 0 Å². The molecule has 1 fully saturated rings. The molecule has 0 radical (unpaired) electrons. The Balaban J connectivity index is 1.77. The van der Waals surface area contributed by atoms with Crippen molar-refractivity contribution in [1.29, 1.82) is 0 Å². The van der Waals surface area contributed by atoms with Gasteiger partial charge in [0.15, 0.2) is 11.6 Å². The van der Waals surface area contributed by atoms with Crippen LogP contribution in [0.2, 0.25) is 0 Å². The molecular formula is C25H18ClNO5. The monoisotopic (exact) mass is 447 g/mol. The lowest BCUT2D eigenvalue weighted by molar-refractivity contribution is 0.0810. The van der Waals surface area contributed by atoms with Crippen molar-refractivity contribution in [1.82, 2.24) is 4.90 Å². The summed E-state index contributed by atoms with van der Waals surface area (Å²) in [6, 6.07) is 12.7. The van der Waals surface area contributed by atoms with E-state index in [1.54, 1.807) is 35.2 Å². The number of carbonyl (C=O) groups is 4. The maximum Gasteiger partial charge on any atom is 0.210 e. The number of hydrogen-bond acceptors (Lipinski definition) is 6. The molecule has 1 N–H and O–H groups in total. The lowest BCUT2D eigenvalue weighted by atomic mass is 9.78. The Hall–Kier alpha value is -3.35. The van der Waals surface area contributed by atoms with Crippen molar-refractivity contribution in [3.05, 3.63) is 92.7 Å². The molecule has 3 aliphatic rings. The highest BCUT2D eigenvalue weighted by Crippen LogP contribution is 2.39. The largest absolute Gasteiger partial charge is 0.393 e. The first-order valence-corrected chi connectivity index (χ1v) is 10.7. The van der Waals surface area contributed by atoms with Gasteiger partial charge >= 0.3 is 0 Å². The molecule has 5 rings (SSSR count). The van der Waals surface area contributed by atoms with E-state index < -0.39 is 29.2 Å². The van der Waals surface area contributed by atoms with Crippen LogP contribution in [0.25, 0.3) is 0 Å². The Labute approximate surface area is 188 Å². The minimum absolute atomic E-state index is 0.0641. The summed E-state index contributed by atoms with van der Waals surface area (Å²) in [6.07, 6.45) is 0.342. The number of ketones is 4. The van der Waals surface area contributed by atoms with Gasteiger partial charge in [0.05, 0.1) is 22.9 Å². The average Bonchev–Trinajstić information content (AvgIpc) is 2.82. The number of hydrogen-bond donors (Lipinski definition) is 1. The number of halogens is 1. The van der Waals surface area contributed by atoms with E-state index in [4.69, 9.17) is 11.6 Å². The minimum Gasteiger partial charge on any atom is -0.393 e. The third-order valence-electron chi connectivity index (χ3n) is 6.19. The van der Waals surface area contributed by atoms with Gasteiger partial charge in [-0.2, -0.15) is 0 Å². The molecule has 0 bridgehead atoms. The van der Waals surface area contributed by atoms with Gasteiger partial charge in [0.25, 0.3) is 0 Å². The van der Waals surface area contributed by atoms with Gasteiger partial charge in [-0.15, -0.1) is 0 Å². The van der Waals surface area contributed by atoms with E-state index in [1.807, 2.05) is 0 Å². The zero-order valence-corrected chi connectivity index (χ0v) is 17.7. The predicted molar refractivity (Wildman–Crippen MR) is 117 cm³/mol. The zero-order chi connectivity index (χ0) is 22.6. The average molecular weight is 448 g/mol. The van der Waals surface area contributed by atoms with Crippen LogP contribution in [-0.2, 0) is 0 Å². The number of benzene rings is 2. The van der Waals surface area contributed by atoms with E-state index in [1.165, 1.54) is 18.2 Å². The molecule has 1 aliphatic heterocycles. The number of rotatable bonds is 2. The van der Waals surface area contributed by atoms with Crippen molar-refractivity contribution in [2.24, 2.45) is 0 Å². The molecular weight excluding hydrogens is 430 g/mol. The van der Waals surface area contributed by atoms with Crippen LogP contribution in [0, 0.1) is 0 Å². The molecule has 2 aromatic rings. The summed E-state index contributed by atoms with van der Waals surface area (Å²) in [6.45, 7) is 0.676. The van der Waals surface area contributed by atoms with Crippen LogP contribution in [0.5, 0.6) is 0 Å². The number of piperidine rings is 1. The minimum atomic E-state index is -0.560.